The molecule has 0 bridgehead atoms. The fourth-order valence-corrected chi connectivity index (χ4v) is 3.95. The van der Waals surface area contributed by atoms with E-state index in [9.17, 15) is 14.7 Å². The van der Waals surface area contributed by atoms with Crippen LogP contribution in [0.3, 0.4) is 0 Å². The third kappa shape index (κ3) is 3.51. The zero-order valence-electron chi connectivity index (χ0n) is 14.3. The Bertz CT molecular complexity index is 1020. The molecule has 136 valence electrons. The molecule has 0 radical (unpaired) electrons. The first-order valence-electron chi connectivity index (χ1n) is 7.92. The Morgan fingerprint density at radius 1 is 1.35 bits per heavy atom. The van der Waals surface area contributed by atoms with Crippen molar-refractivity contribution in [3.63, 3.8) is 0 Å². The molecule has 0 atom stereocenters. The van der Waals surface area contributed by atoms with Crippen molar-refractivity contribution < 1.29 is 14.6 Å². The minimum Gasteiger partial charge on any atom is -0.477 e. The van der Waals surface area contributed by atoms with Gasteiger partial charge in [0.25, 0.3) is 5.56 Å². The Morgan fingerprint density at radius 2 is 2.04 bits per heavy atom. The molecule has 3 rings (SSSR count). The SMILES string of the molecule is COCCn1c(Cc2ccc(Cl)cc2)nc2sc(C(=O)O)c(C)c2c1=O. The fraction of sp³-hybridized carbons (Fsp3) is 0.278. The predicted octanol–water partition coefficient (Wildman–Crippen LogP) is 3.36. The Kier molecular flexibility index (Phi) is 5.41. The molecule has 1 N–H and O–H groups in total. The van der Waals surface area contributed by atoms with E-state index in [2.05, 4.69) is 4.98 Å². The van der Waals surface area contributed by atoms with Gasteiger partial charge in [-0.25, -0.2) is 9.78 Å². The Morgan fingerprint density at radius 3 is 2.65 bits per heavy atom. The van der Waals surface area contributed by atoms with E-state index >= 15 is 0 Å². The highest BCUT2D eigenvalue weighted by Gasteiger charge is 2.21. The van der Waals surface area contributed by atoms with Crippen molar-refractivity contribution >= 4 is 39.1 Å². The van der Waals surface area contributed by atoms with Crippen LogP contribution in [0.4, 0.5) is 0 Å². The molecule has 1 aromatic carbocycles. The maximum Gasteiger partial charge on any atom is 0.346 e. The molecule has 0 aliphatic carbocycles. The summed E-state index contributed by atoms with van der Waals surface area (Å²) in [4.78, 5) is 29.6. The molecule has 6 nitrogen and oxygen atoms in total. The number of ether oxygens (including phenoxy) is 1. The third-order valence-electron chi connectivity index (χ3n) is 4.12. The Labute approximate surface area is 158 Å². The van der Waals surface area contributed by atoms with Crippen LogP contribution in [0, 0.1) is 6.92 Å². The van der Waals surface area contributed by atoms with Crippen molar-refractivity contribution in [1.82, 2.24) is 9.55 Å². The van der Waals surface area contributed by atoms with Gasteiger partial charge in [0.2, 0.25) is 0 Å². The summed E-state index contributed by atoms with van der Waals surface area (Å²) in [6, 6.07) is 7.32. The summed E-state index contributed by atoms with van der Waals surface area (Å²) < 4.78 is 6.67. The largest absolute Gasteiger partial charge is 0.477 e. The average molecular weight is 393 g/mol. The number of aromatic carboxylic acids is 1. The monoisotopic (exact) mass is 392 g/mol. The van der Waals surface area contributed by atoms with Crippen molar-refractivity contribution in [3.8, 4) is 0 Å². The molecule has 8 heteroatoms. The lowest BCUT2D eigenvalue weighted by atomic mass is 10.1. The summed E-state index contributed by atoms with van der Waals surface area (Å²) in [7, 11) is 1.56. The van der Waals surface area contributed by atoms with Gasteiger partial charge in [-0.3, -0.25) is 9.36 Å². The van der Waals surface area contributed by atoms with Gasteiger partial charge < -0.3 is 9.84 Å². The fourth-order valence-electron chi connectivity index (χ4n) is 2.80. The highest BCUT2D eigenvalue weighted by Crippen LogP contribution is 2.27. The number of carbonyl (C=O) groups is 1. The molecule has 0 spiro atoms. The molecule has 0 amide bonds. The van der Waals surface area contributed by atoms with Crippen LogP contribution in [-0.4, -0.2) is 34.3 Å². The number of carboxylic acid groups (broad SMARTS) is 1. The summed E-state index contributed by atoms with van der Waals surface area (Å²) >= 11 is 6.96. The number of aromatic nitrogens is 2. The second-order valence-electron chi connectivity index (χ2n) is 5.82. The number of methoxy groups -OCH3 is 1. The van der Waals surface area contributed by atoms with Gasteiger partial charge in [0.1, 0.15) is 15.5 Å². The first-order chi connectivity index (χ1) is 12.4. The van der Waals surface area contributed by atoms with Gasteiger partial charge in [-0.2, -0.15) is 0 Å². The highest BCUT2D eigenvalue weighted by molar-refractivity contribution is 7.20. The number of rotatable bonds is 6. The number of hydrogen-bond acceptors (Lipinski definition) is 5. The number of fused-ring (bicyclic) bond motifs is 1. The lowest BCUT2D eigenvalue weighted by Gasteiger charge is -2.12. The van der Waals surface area contributed by atoms with Crippen LogP contribution < -0.4 is 5.56 Å². The minimum absolute atomic E-state index is 0.145. The van der Waals surface area contributed by atoms with Crippen LogP contribution >= 0.6 is 22.9 Å². The van der Waals surface area contributed by atoms with Crippen LogP contribution in [0.25, 0.3) is 10.2 Å². The first-order valence-corrected chi connectivity index (χ1v) is 9.11. The zero-order valence-corrected chi connectivity index (χ0v) is 15.9. The van der Waals surface area contributed by atoms with Crippen molar-refractivity contribution in [1.29, 1.82) is 0 Å². The van der Waals surface area contributed by atoms with Gasteiger partial charge in [-0.15, -0.1) is 11.3 Å². The van der Waals surface area contributed by atoms with Gasteiger partial charge in [-0.05, 0) is 30.2 Å². The van der Waals surface area contributed by atoms with Gasteiger partial charge in [-0.1, -0.05) is 23.7 Å². The summed E-state index contributed by atoms with van der Waals surface area (Å²) in [5.74, 6) is -0.479. The lowest BCUT2D eigenvalue weighted by molar-refractivity contribution is 0.0701. The number of hydrogen-bond donors (Lipinski definition) is 1. The van der Waals surface area contributed by atoms with E-state index in [0.717, 1.165) is 16.9 Å². The number of benzene rings is 1. The molecule has 2 heterocycles. The van der Waals surface area contributed by atoms with Crippen molar-refractivity contribution in [2.75, 3.05) is 13.7 Å². The van der Waals surface area contributed by atoms with E-state index in [1.165, 1.54) is 0 Å². The number of nitrogens with zero attached hydrogens (tertiary/aromatic N) is 2. The molecular formula is C18H17ClN2O4S. The molecule has 0 saturated heterocycles. The van der Waals surface area contributed by atoms with Crippen molar-refractivity contribution in [2.24, 2.45) is 0 Å². The van der Waals surface area contributed by atoms with E-state index < -0.39 is 5.97 Å². The third-order valence-corrected chi connectivity index (χ3v) is 5.54. The molecule has 26 heavy (non-hydrogen) atoms. The van der Waals surface area contributed by atoms with Crippen LogP contribution in [0.5, 0.6) is 0 Å². The summed E-state index contributed by atoms with van der Waals surface area (Å²) in [6.45, 7) is 2.35. The number of carboxylic acids is 1. The quantitative estimate of drug-likeness (QED) is 0.695. The second kappa shape index (κ2) is 7.57. The first kappa shape index (κ1) is 18.6. The summed E-state index contributed by atoms with van der Waals surface area (Å²) in [6.07, 6.45) is 0.436. The van der Waals surface area contributed by atoms with E-state index in [-0.39, 0.29) is 10.4 Å². The molecule has 2 aromatic heterocycles. The summed E-state index contributed by atoms with van der Waals surface area (Å²) in [5, 5.41) is 10.3. The number of thiophene rings is 1. The Balaban J connectivity index is 2.17. The maximum atomic E-state index is 13.0. The van der Waals surface area contributed by atoms with E-state index in [1.807, 2.05) is 12.1 Å². The van der Waals surface area contributed by atoms with Crippen molar-refractivity contribution in [2.45, 2.75) is 19.9 Å². The molecule has 0 saturated carbocycles. The van der Waals surface area contributed by atoms with E-state index in [4.69, 9.17) is 16.3 Å². The van der Waals surface area contributed by atoms with E-state index in [0.29, 0.717) is 46.2 Å². The lowest BCUT2D eigenvalue weighted by Crippen LogP contribution is -2.27. The van der Waals surface area contributed by atoms with Crippen LogP contribution in [0.1, 0.15) is 26.6 Å². The van der Waals surface area contributed by atoms with Crippen molar-refractivity contribution in [3.05, 3.63) is 61.5 Å². The van der Waals surface area contributed by atoms with E-state index in [1.54, 1.807) is 30.7 Å². The average Bonchev–Trinajstić information content (AvgIpc) is 2.93. The minimum atomic E-state index is -1.05. The zero-order chi connectivity index (χ0) is 18.8. The highest BCUT2D eigenvalue weighted by atomic mass is 35.5. The van der Waals surface area contributed by atoms with Gasteiger partial charge in [0.15, 0.2) is 0 Å². The smallest absolute Gasteiger partial charge is 0.346 e. The second-order valence-corrected chi connectivity index (χ2v) is 7.26. The molecule has 3 aromatic rings. The molecule has 0 fully saturated rings. The van der Waals surface area contributed by atoms with Crippen LogP contribution in [0.2, 0.25) is 5.02 Å². The van der Waals surface area contributed by atoms with Gasteiger partial charge >= 0.3 is 5.97 Å². The topological polar surface area (TPSA) is 81.4 Å². The number of aryl methyl sites for hydroxylation is 1. The van der Waals surface area contributed by atoms with Crippen LogP contribution in [0.15, 0.2) is 29.1 Å². The van der Waals surface area contributed by atoms with Gasteiger partial charge in [0.05, 0.1) is 18.5 Å². The number of halogens is 1. The molecule has 0 aliphatic heterocycles. The molecular weight excluding hydrogens is 376 g/mol. The van der Waals surface area contributed by atoms with Crippen LogP contribution in [-0.2, 0) is 17.7 Å². The van der Waals surface area contributed by atoms with Gasteiger partial charge in [0, 0.05) is 18.6 Å². The maximum absolute atomic E-state index is 13.0. The standard InChI is InChI=1S/C18H17ClN2O4S/c1-10-14-16(26-15(10)18(23)24)20-13(21(17(14)22)7-8-25-2)9-11-3-5-12(19)6-4-11/h3-6H,7-9H2,1-2H3,(H,23,24). The summed E-state index contributed by atoms with van der Waals surface area (Å²) in [5.41, 5.74) is 1.18. The normalized spacial score (nSPS) is 11.2. The predicted molar refractivity (Wildman–Crippen MR) is 102 cm³/mol. The Hall–Kier alpha value is -2.22. The molecule has 0 aliphatic rings. The molecule has 0 unspecified atom stereocenters.